The molecule has 0 unspecified atom stereocenters. The fourth-order valence-corrected chi connectivity index (χ4v) is 2.58. The van der Waals surface area contributed by atoms with Gasteiger partial charge < -0.3 is 9.47 Å². The Hall–Kier alpha value is -2.61. The molecule has 8 heteroatoms. The molecule has 0 atom stereocenters. The number of rotatable bonds is 7. The lowest BCUT2D eigenvalue weighted by Crippen LogP contribution is -1.99. The summed E-state index contributed by atoms with van der Waals surface area (Å²) in [7, 11) is 1.55. The molecule has 2 aromatic rings. The van der Waals surface area contributed by atoms with Crippen LogP contribution in [-0.4, -0.2) is 24.9 Å². The van der Waals surface area contributed by atoms with E-state index in [1.807, 2.05) is 13.0 Å². The van der Waals surface area contributed by atoms with Crippen LogP contribution in [0, 0.1) is 10.1 Å². The molecule has 0 heterocycles. The van der Waals surface area contributed by atoms with E-state index in [9.17, 15) is 10.1 Å². The normalized spacial score (nSPS) is 10.6. The largest absolute Gasteiger partial charge is 0.493 e. The highest BCUT2D eigenvalue weighted by molar-refractivity contribution is 9.10. The topological polar surface area (TPSA) is 86.0 Å². The zero-order chi connectivity index (χ0) is 17.5. The van der Waals surface area contributed by atoms with Crippen LogP contribution in [0.15, 0.2) is 46.0 Å². The number of nitro groups is 1. The quantitative estimate of drug-likeness (QED) is 0.432. The summed E-state index contributed by atoms with van der Waals surface area (Å²) in [5.41, 5.74) is 3.70. The molecule has 0 aliphatic heterocycles. The first-order valence-corrected chi connectivity index (χ1v) is 7.89. The van der Waals surface area contributed by atoms with Gasteiger partial charge in [-0.25, -0.2) is 0 Å². The van der Waals surface area contributed by atoms with Gasteiger partial charge in [-0.1, -0.05) is 12.1 Å². The highest BCUT2D eigenvalue weighted by atomic mass is 79.9. The predicted molar refractivity (Wildman–Crippen MR) is 96.2 cm³/mol. The van der Waals surface area contributed by atoms with E-state index in [2.05, 4.69) is 26.5 Å². The zero-order valence-electron chi connectivity index (χ0n) is 13.2. The Bertz CT molecular complexity index is 765. The third-order valence-corrected chi connectivity index (χ3v) is 3.63. The number of nitro benzene ring substituents is 1. The van der Waals surface area contributed by atoms with Gasteiger partial charge in [0.15, 0.2) is 11.5 Å². The van der Waals surface area contributed by atoms with E-state index >= 15 is 0 Å². The van der Waals surface area contributed by atoms with Crippen LogP contribution in [0.4, 0.5) is 11.4 Å². The molecule has 24 heavy (non-hydrogen) atoms. The number of hydrazone groups is 1. The second kappa shape index (κ2) is 8.30. The smallest absolute Gasteiger partial charge is 0.294 e. The fraction of sp³-hybridized carbons (Fsp3) is 0.188. The molecule has 0 saturated heterocycles. The SMILES string of the molecule is CCOc1c(Br)cc(/C=N\Nc2ccccc2[N+](=O)[O-])cc1OC. The van der Waals surface area contributed by atoms with Crippen molar-refractivity contribution < 1.29 is 14.4 Å². The maximum atomic E-state index is 11.0. The highest BCUT2D eigenvalue weighted by Crippen LogP contribution is 2.36. The molecule has 0 fully saturated rings. The van der Waals surface area contributed by atoms with Gasteiger partial charge in [0.1, 0.15) is 5.69 Å². The summed E-state index contributed by atoms with van der Waals surface area (Å²) < 4.78 is 11.6. The van der Waals surface area contributed by atoms with Crippen molar-refractivity contribution in [2.24, 2.45) is 5.10 Å². The molecule has 2 rings (SSSR count). The van der Waals surface area contributed by atoms with Crippen LogP contribution >= 0.6 is 15.9 Å². The van der Waals surface area contributed by atoms with Crippen molar-refractivity contribution >= 4 is 33.5 Å². The number of ether oxygens (including phenoxy) is 2. The van der Waals surface area contributed by atoms with Crippen molar-refractivity contribution in [3.05, 3.63) is 56.5 Å². The summed E-state index contributed by atoms with van der Waals surface area (Å²) in [6, 6.07) is 9.87. The number of para-hydroxylation sites is 2. The van der Waals surface area contributed by atoms with Gasteiger partial charge in [-0.2, -0.15) is 5.10 Å². The molecule has 126 valence electrons. The van der Waals surface area contributed by atoms with Crippen LogP contribution in [0.5, 0.6) is 11.5 Å². The van der Waals surface area contributed by atoms with E-state index in [1.165, 1.54) is 6.07 Å². The molecule has 0 amide bonds. The van der Waals surface area contributed by atoms with Gasteiger partial charge in [-0.3, -0.25) is 15.5 Å². The summed E-state index contributed by atoms with van der Waals surface area (Å²) in [5.74, 6) is 1.18. The third kappa shape index (κ3) is 4.23. The van der Waals surface area contributed by atoms with E-state index in [1.54, 1.807) is 37.6 Å². The Kier molecular flexibility index (Phi) is 6.14. The minimum Gasteiger partial charge on any atom is -0.493 e. The molecule has 2 aromatic carbocycles. The summed E-state index contributed by atoms with van der Waals surface area (Å²) in [5, 5.41) is 15.0. The molecule has 0 aliphatic rings. The monoisotopic (exact) mass is 393 g/mol. The molecule has 1 N–H and O–H groups in total. The lowest BCUT2D eigenvalue weighted by atomic mass is 10.2. The zero-order valence-corrected chi connectivity index (χ0v) is 14.7. The summed E-state index contributed by atoms with van der Waals surface area (Å²) >= 11 is 3.43. The third-order valence-electron chi connectivity index (χ3n) is 3.04. The van der Waals surface area contributed by atoms with Crippen LogP contribution < -0.4 is 14.9 Å². The Balaban J connectivity index is 2.21. The summed E-state index contributed by atoms with van der Waals surface area (Å²) in [6.07, 6.45) is 1.54. The second-order valence-electron chi connectivity index (χ2n) is 4.61. The minimum absolute atomic E-state index is 0.0416. The van der Waals surface area contributed by atoms with Gasteiger partial charge >= 0.3 is 0 Å². The molecule has 0 bridgehead atoms. The molecule has 0 aliphatic carbocycles. The van der Waals surface area contributed by atoms with Crippen molar-refractivity contribution in [3.63, 3.8) is 0 Å². The molecular formula is C16H16BrN3O4. The average Bonchev–Trinajstić information content (AvgIpc) is 2.57. The number of nitrogens with zero attached hydrogens (tertiary/aromatic N) is 2. The molecule has 0 spiro atoms. The number of hydrogen-bond donors (Lipinski definition) is 1. The van der Waals surface area contributed by atoms with Gasteiger partial charge in [-0.05, 0) is 46.6 Å². The fourth-order valence-electron chi connectivity index (χ4n) is 2.00. The van der Waals surface area contributed by atoms with Gasteiger partial charge in [0.25, 0.3) is 5.69 Å². The van der Waals surface area contributed by atoms with Crippen LogP contribution in [0.1, 0.15) is 12.5 Å². The number of nitrogens with one attached hydrogen (secondary N) is 1. The van der Waals surface area contributed by atoms with E-state index in [-0.39, 0.29) is 5.69 Å². The van der Waals surface area contributed by atoms with Gasteiger partial charge in [0, 0.05) is 6.07 Å². The predicted octanol–water partition coefficient (Wildman–Crippen LogP) is 4.21. The van der Waals surface area contributed by atoms with E-state index in [0.29, 0.717) is 23.8 Å². The van der Waals surface area contributed by atoms with Crippen LogP contribution in [0.25, 0.3) is 0 Å². The van der Waals surface area contributed by atoms with E-state index < -0.39 is 4.92 Å². The van der Waals surface area contributed by atoms with E-state index in [0.717, 1.165) is 10.0 Å². The number of methoxy groups -OCH3 is 1. The van der Waals surface area contributed by atoms with Crippen LogP contribution in [-0.2, 0) is 0 Å². The number of anilines is 1. The molecular weight excluding hydrogens is 378 g/mol. The number of benzene rings is 2. The molecule has 0 saturated carbocycles. The van der Waals surface area contributed by atoms with Crippen molar-refractivity contribution in [2.75, 3.05) is 19.1 Å². The first-order valence-electron chi connectivity index (χ1n) is 7.09. The summed E-state index contributed by atoms with van der Waals surface area (Å²) in [4.78, 5) is 10.5. The highest BCUT2D eigenvalue weighted by Gasteiger charge is 2.12. The average molecular weight is 394 g/mol. The molecule has 0 aromatic heterocycles. The Morgan fingerprint density at radius 2 is 2.12 bits per heavy atom. The van der Waals surface area contributed by atoms with Crippen molar-refractivity contribution in [1.29, 1.82) is 0 Å². The lowest BCUT2D eigenvalue weighted by molar-refractivity contribution is -0.384. The standard InChI is InChI=1S/C16H16BrN3O4/c1-3-24-16-12(17)8-11(9-15(16)23-2)10-18-19-13-6-4-5-7-14(13)20(21)22/h4-10,19H,3H2,1-2H3/b18-10-. The van der Waals surface area contributed by atoms with Gasteiger partial charge in [0.05, 0.1) is 29.3 Å². The summed E-state index contributed by atoms with van der Waals surface area (Å²) in [6.45, 7) is 2.40. The Labute approximate surface area is 147 Å². The second-order valence-corrected chi connectivity index (χ2v) is 5.47. The van der Waals surface area contributed by atoms with Gasteiger partial charge in [0.2, 0.25) is 0 Å². The maximum Gasteiger partial charge on any atom is 0.294 e. The first kappa shape index (κ1) is 17.7. The number of halogens is 1. The van der Waals surface area contributed by atoms with Crippen molar-refractivity contribution in [2.45, 2.75) is 6.92 Å². The Morgan fingerprint density at radius 3 is 2.79 bits per heavy atom. The Morgan fingerprint density at radius 1 is 1.38 bits per heavy atom. The first-order chi connectivity index (χ1) is 11.6. The molecule has 0 radical (unpaired) electrons. The van der Waals surface area contributed by atoms with Crippen LogP contribution in [0.2, 0.25) is 0 Å². The maximum absolute atomic E-state index is 11.0. The van der Waals surface area contributed by atoms with E-state index in [4.69, 9.17) is 9.47 Å². The van der Waals surface area contributed by atoms with Crippen LogP contribution in [0.3, 0.4) is 0 Å². The van der Waals surface area contributed by atoms with Crippen molar-refractivity contribution in [1.82, 2.24) is 0 Å². The van der Waals surface area contributed by atoms with Gasteiger partial charge in [-0.15, -0.1) is 0 Å². The number of hydrogen-bond acceptors (Lipinski definition) is 6. The minimum atomic E-state index is -0.464. The molecule has 7 nitrogen and oxygen atoms in total. The van der Waals surface area contributed by atoms with Crippen molar-refractivity contribution in [3.8, 4) is 11.5 Å². The lowest BCUT2D eigenvalue weighted by Gasteiger charge is -2.12.